The number of aromatic nitrogens is 2. The van der Waals surface area contributed by atoms with Gasteiger partial charge in [0.1, 0.15) is 0 Å². The molecule has 1 saturated carbocycles. The number of carbonyl (C=O) groups excluding carboxylic acids is 1. The van der Waals surface area contributed by atoms with E-state index < -0.39 is 5.41 Å². The molecule has 1 fully saturated rings. The molecule has 0 bridgehead atoms. The zero-order valence-corrected chi connectivity index (χ0v) is 16.4. The summed E-state index contributed by atoms with van der Waals surface area (Å²) in [6.45, 7) is 5.95. The number of aryl methyl sites for hydroxylation is 1. The van der Waals surface area contributed by atoms with Crippen molar-refractivity contribution in [3.8, 4) is 0 Å². The molecule has 1 aliphatic carbocycles. The van der Waals surface area contributed by atoms with Gasteiger partial charge in [0, 0.05) is 35.8 Å². The molecule has 2 heterocycles. The fourth-order valence-electron chi connectivity index (χ4n) is 4.84. The fraction of sp³-hybridized carbons (Fsp3) is 0.391. The van der Waals surface area contributed by atoms with E-state index in [1.165, 1.54) is 10.9 Å². The number of nitrogens with zero attached hydrogens (tertiary/aromatic N) is 2. The molecule has 2 aromatic carbocycles. The van der Waals surface area contributed by atoms with Crippen molar-refractivity contribution in [2.45, 2.75) is 38.0 Å². The van der Waals surface area contributed by atoms with Crippen LogP contribution < -0.4 is 4.90 Å². The number of anilines is 1. The zero-order chi connectivity index (χ0) is 19.3. The van der Waals surface area contributed by atoms with Gasteiger partial charge in [0.2, 0.25) is 5.91 Å². The van der Waals surface area contributed by atoms with Gasteiger partial charge in [-0.2, -0.15) is 5.10 Å². The Balaban J connectivity index is 1.50. The van der Waals surface area contributed by atoms with Crippen molar-refractivity contribution in [1.29, 1.82) is 0 Å². The highest BCUT2D eigenvalue weighted by Gasteiger charge is 2.67. The van der Waals surface area contributed by atoms with Crippen LogP contribution in [0.15, 0.2) is 42.5 Å². The minimum Gasteiger partial charge on any atom is -0.380 e. The van der Waals surface area contributed by atoms with Crippen LogP contribution in [-0.4, -0.2) is 35.9 Å². The predicted molar refractivity (Wildman–Crippen MR) is 110 cm³/mol. The maximum Gasteiger partial charge on any atom is 0.238 e. The zero-order valence-electron chi connectivity index (χ0n) is 16.4. The Kier molecular flexibility index (Phi) is 4.02. The van der Waals surface area contributed by atoms with Crippen molar-refractivity contribution in [2.24, 2.45) is 0 Å². The summed E-state index contributed by atoms with van der Waals surface area (Å²) >= 11 is 0. The number of hydrogen-bond donors (Lipinski definition) is 1. The molecular weight excluding hydrogens is 350 g/mol. The fourth-order valence-corrected chi connectivity index (χ4v) is 4.84. The Morgan fingerprint density at radius 3 is 2.93 bits per heavy atom. The first kappa shape index (κ1) is 17.4. The van der Waals surface area contributed by atoms with Gasteiger partial charge in [0.25, 0.3) is 0 Å². The van der Waals surface area contributed by atoms with Crippen molar-refractivity contribution >= 4 is 22.5 Å². The summed E-state index contributed by atoms with van der Waals surface area (Å²) in [4.78, 5) is 15.4. The lowest BCUT2D eigenvalue weighted by atomic mass is 9.92. The number of benzene rings is 2. The van der Waals surface area contributed by atoms with Gasteiger partial charge in [-0.25, -0.2) is 0 Å². The molecule has 1 amide bonds. The summed E-state index contributed by atoms with van der Waals surface area (Å²) in [5.41, 5.74) is 5.15. The molecule has 144 valence electrons. The number of ether oxygens (including phenoxy) is 1. The largest absolute Gasteiger partial charge is 0.380 e. The van der Waals surface area contributed by atoms with Crippen LogP contribution in [0.2, 0.25) is 0 Å². The summed E-state index contributed by atoms with van der Waals surface area (Å²) < 4.78 is 5.51. The van der Waals surface area contributed by atoms with Crippen molar-refractivity contribution in [3.63, 3.8) is 0 Å². The van der Waals surface area contributed by atoms with E-state index in [0.717, 1.165) is 35.3 Å². The summed E-state index contributed by atoms with van der Waals surface area (Å²) in [7, 11) is 0. The van der Waals surface area contributed by atoms with Gasteiger partial charge in [-0.15, -0.1) is 0 Å². The highest BCUT2D eigenvalue weighted by atomic mass is 16.5. The number of hydrogen-bond acceptors (Lipinski definition) is 3. The highest BCUT2D eigenvalue weighted by Crippen LogP contribution is 2.66. The first-order valence-corrected chi connectivity index (χ1v) is 10.2. The minimum absolute atomic E-state index is 0.212. The molecule has 2 atom stereocenters. The van der Waals surface area contributed by atoms with Crippen LogP contribution in [0.1, 0.15) is 43.0 Å². The third-order valence-corrected chi connectivity index (χ3v) is 6.34. The Hall–Kier alpha value is -2.66. The summed E-state index contributed by atoms with van der Waals surface area (Å²) in [6, 6.07) is 14.7. The van der Waals surface area contributed by atoms with Crippen LogP contribution in [0.4, 0.5) is 5.69 Å². The molecule has 1 spiro atoms. The average molecular weight is 375 g/mol. The van der Waals surface area contributed by atoms with E-state index in [-0.39, 0.29) is 11.8 Å². The third kappa shape index (κ3) is 2.35. The monoisotopic (exact) mass is 375 g/mol. The normalized spacial score (nSPS) is 23.0. The number of H-pyrrole nitrogens is 1. The summed E-state index contributed by atoms with van der Waals surface area (Å²) in [6.07, 6.45) is 1.80. The molecule has 2 unspecified atom stereocenters. The first-order valence-electron chi connectivity index (χ1n) is 10.2. The Morgan fingerprint density at radius 1 is 1.25 bits per heavy atom. The van der Waals surface area contributed by atoms with Crippen LogP contribution >= 0.6 is 0 Å². The SMILES string of the molecule is CCOCCN1C(=O)C2(CC2c2ccc3c(CC)[nH]nc3c2)c2ccccc21. The molecule has 5 rings (SSSR count). The van der Waals surface area contributed by atoms with Gasteiger partial charge in [-0.1, -0.05) is 37.3 Å². The summed E-state index contributed by atoms with van der Waals surface area (Å²) in [5, 5.41) is 8.78. The Labute approximate surface area is 164 Å². The van der Waals surface area contributed by atoms with E-state index in [4.69, 9.17) is 4.74 Å². The van der Waals surface area contributed by atoms with Gasteiger partial charge >= 0.3 is 0 Å². The number of aromatic amines is 1. The van der Waals surface area contributed by atoms with Crippen molar-refractivity contribution in [1.82, 2.24) is 10.2 Å². The highest BCUT2D eigenvalue weighted by molar-refractivity contribution is 6.11. The second kappa shape index (κ2) is 6.45. The van der Waals surface area contributed by atoms with Gasteiger partial charge in [0.15, 0.2) is 0 Å². The van der Waals surface area contributed by atoms with Crippen molar-refractivity contribution in [2.75, 3.05) is 24.7 Å². The number of amides is 1. The molecule has 1 aliphatic heterocycles. The van der Waals surface area contributed by atoms with Gasteiger partial charge < -0.3 is 9.64 Å². The van der Waals surface area contributed by atoms with E-state index in [9.17, 15) is 4.79 Å². The average Bonchev–Trinajstić information content (AvgIpc) is 3.28. The lowest BCUT2D eigenvalue weighted by Gasteiger charge is -2.18. The number of carbonyl (C=O) groups is 1. The van der Waals surface area contributed by atoms with Crippen LogP contribution in [0.25, 0.3) is 10.9 Å². The molecule has 0 radical (unpaired) electrons. The van der Waals surface area contributed by atoms with E-state index in [1.807, 2.05) is 24.0 Å². The molecule has 3 aromatic rings. The summed E-state index contributed by atoms with van der Waals surface area (Å²) in [5.74, 6) is 0.430. The first-order chi connectivity index (χ1) is 13.7. The second-order valence-corrected chi connectivity index (χ2v) is 7.73. The molecule has 2 aliphatic rings. The van der Waals surface area contributed by atoms with E-state index in [2.05, 4.69) is 47.5 Å². The molecule has 0 saturated heterocycles. The molecular formula is C23H25N3O2. The number of nitrogens with one attached hydrogen (secondary N) is 1. The predicted octanol–water partition coefficient (Wildman–Crippen LogP) is 3.93. The lowest BCUT2D eigenvalue weighted by molar-refractivity contribution is -0.120. The molecule has 5 heteroatoms. The van der Waals surface area contributed by atoms with E-state index in [1.54, 1.807) is 0 Å². The van der Waals surface area contributed by atoms with Crippen molar-refractivity contribution < 1.29 is 9.53 Å². The standard InChI is InChI=1S/C23H25N3O2/c1-3-19-16-10-9-15(13-20(16)25-24-19)18-14-23(18)17-7-5-6-8-21(17)26(22(23)27)11-12-28-4-2/h5-10,13,18H,3-4,11-12,14H2,1-2H3,(H,24,25). The van der Waals surface area contributed by atoms with E-state index in [0.29, 0.717) is 19.8 Å². The smallest absolute Gasteiger partial charge is 0.238 e. The molecule has 1 N–H and O–H groups in total. The molecule has 28 heavy (non-hydrogen) atoms. The third-order valence-electron chi connectivity index (χ3n) is 6.34. The van der Waals surface area contributed by atoms with Crippen LogP contribution in [0.5, 0.6) is 0 Å². The molecule has 5 nitrogen and oxygen atoms in total. The van der Waals surface area contributed by atoms with Crippen LogP contribution in [-0.2, 0) is 21.4 Å². The van der Waals surface area contributed by atoms with Crippen LogP contribution in [0.3, 0.4) is 0 Å². The van der Waals surface area contributed by atoms with Crippen molar-refractivity contribution in [3.05, 3.63) is 59.3 Å². The molecule has 1 aromatic heterocycles. The number of rotatable bonds is 6. The Morgan fingerprint density at radius 2 is 2.11 bits per heavy atom. The van der Waals surface area contributed by atoms with Gasteiger partial charge in [-0.3, -0.25) is 9.89 Å². The van der Waals surface area contributed by atoms with Crippen LogP contribution in [0, 0.1) is 0 Å². The topological polar surface area (TPSA) is 58.2 Å². The van der Waals surface area contributed by atoms with E-state index >= 15 is 0 Å². The van der Waals surface area contributed by atoms with Gasteiger partial charge in [0.05, 0.1) is 17.5 Å². The van der Waals surface area contributed by atoms with Gasteiger partial charge in [-0.05, 0) is 43.0 Å². The number of para-hydroxylation sites is 1. The minimum atomic E-state index is -0.416. The second-order valence-electron chi connectivity index (χ2n) is 7.73. The lowest BCUT2D eigenvalue weighted by Crippen LogP contribution is -2.35. The maximum atomic E-state index is 13.5. The Bertz CT molecular complexity index is 1060. The maximum absolute atomic E-state index is 13.5. The number of fused-ring (bicyclic) bond motifs is 3. The quantitative estimate of drug-likeness (QED) is 0.664.